The van der Waals surface area contributed by atoms with E-state index in [2.05, 4.69) is 10.3 Å². The maximum atomic E-state index is 12.3. The Bertz CT molecular complexity index is 379. The van der Waals surface area contributed by atoms with Crippen molar-refractivity contribution in [1.29, 1.82) is 0 Å². The van der Waals surface area contributed by atoms with Gasteiger partial charge in [0.25, 0.3) is 0 Å². The minimum atomic E-state index is -4.11. The highest BCUT2D eigenvalue weighted by atomic mass is 19.4. The Morgan fingerprint density at radius 1 is 1.35 bits per heavy atom. The Hall–Kier alpha value is -1.30. The molecular formula is C14H21F3N2O. The van der Waals surface area contributed by atoms with Crippen molar-refractivity contribution in [3.8, 4) is 5.88 Å². The van der Waals surface area contributed by atoms with Gasteiger partial charge in [-0.15, -0.1) is 0 Å². The average Bonchev–Trinajstić information content (AvgIpc) is 2.41. The summed E-state index contributed by atoms with van der Waals surface area (Å²) in [6.45, 7) is 2.70. The zero-order valence-electron chi connectivity index (χ0n) is 11.8. The van der Waals surface area contributed by atoms with Crippen LogP contribution in [0.5, 0.6) is 5.88 Å². The van der Waals surface area contributed by atoms with Crippen molar-refractivity contribution in [3.63, 3.8) is 0 Å². The van der Waals surface area contributed by atoms with E-state index in [-0.39, 0.29) is 12.5 Å². The standard InChI is InChI=1S/C14H21F3N2O/c1-3-8-18-12(6-7-14(15,16)17)9-11-4-5-13(20-2)19-10-11/h4-5,10,12,18H,3,6-9H2,1-2H3. The summed E-state index contributed by atoms with van der Waals surface area (Å²) in [6.07, 6.45) is -1.72. The van der Waals surface area contributed by atoms with Gasteiger partial charge in [0.05, 0.1) is 7.11 Å². The van der Waals surface area contributed by atoms with Gasteiger partial charge in [-0.1, -0.05) is 13.0 Å². The first kappa shape index (κ1) is 16.8. The maximum absolute atomic E-state index is 12.3. The van der Waals surface area contributed by atoms with Crippen molar-refractivity contribution in [2.24, 2.45) is 0 Å². The summed E-state index contributed by atoms with van der Waals surface area (Å²) >= 11 is 0. The smallest absolute Gasteiger partial charge is 0.389 e. The molecule has 3 nitrogen and oxygen atoms in total. The Morgan fingerprint density at radius 3 is 2.60 bits per heavy atom. The zero-order valence-corrected chi connectivity index (χ0v) is 11.8. The number of nitrogens with zero attached hydrogens (tertiary/aromatic N) is 1. The fourth-order valence-corrected chi connectivity index (χ4v) is 1.90. The molecular weight excluding hydrogens is 269 g/mol. The summed E-state index contributed by atoms with van der Waals surface area (Å²) in [5, 5.41) is 3.16. The zero-order chi connectivity index (χ0) is 15.0. The maximum Gasteiger partial charge on any atom is 0.389 e. The van der Waals surface area contributed by atoms with E-state index in [1.165, 1.54) is 7.11 Å². The van der Waals surface area contributed by atoms with E-state index >= 15 is 0 Å². The summed E-state index contributed by atoms with van der Waals surface area (Å²) in [6, 6.07) is 3.36. The monoisotopic (exact) mass is 290 g/mol. The molecule has 20 heavy (non-hydrogen) atoms. The van der Waals surface area contributed by atoms with Gasteiger partial charge in [-0.05, 0) is 31.4 Å². The lowest BCUT2D eigenvalue weighted by Crippen LogP contribution is -2.33. The van der Waals surface area contributed by atoms with E-state index in [1.54, 1.807) is 12.3 Å². The first-order valence-corrected chi connectivity index (χ1v) is 6.73. The van der Waals surface area contributed by atoms with Crippen LogP contribution in [-0.4, -0.2) is 30.9 Å². The number of methoxy groups -OCH3 is 1. The second-order valence-electron chi connectivity index (χ2n) is 4.72. The lowest BCUT2D eigenvalue weighted by Gasteiger charge is -2.19. The number of ether oxygens (including phenoxy) is 1. The molecule has 6 heteroatoms. The highest BCUT2D eigenvalue weighted by Crippen LogP contribution is 2.23. The third kappa shape index (κ3) is 6.75. The quantitative estimate of drug-likeness (QED) is 0.797. The largest absolute Gasteiger partial charge is 0.481 e. The van der Waals surface area contributed by atoms with Crippen molar-refractivity contribution in [2.45, 2.75) is 44.8 Å². The molecule has 1 aromatic rings. The molecule has 0 spiro atoms. The molecule has 1 N–H and O–H groups in total. The van der Waals surface area contributed by atoms with Crippen LogP contribution < -0.4 is 10.1 Å². The summed E-state index contributed by atoms with van der Waals surface area (Å²) in [4.78, 5) is 4.07. The lowest BCUT2D eigenvalue weighted by atomic mass is 10.0. The molecule has 0 radical (unpaired) electrons. The van der Waals surface area contributed by atoms with Crippen LogP contribution in [0.2, 0.25) is 0 Å². The van der Waals surface area contributed by atoms with Gasteiger partial charge in [0.1, 0.15) is 0 Å². The molecule has 0 aliphatic carbocycles. The van der Waals surface area contributed by atoms with Gasteiger partial charge >= 0.3 is 6.18 Å². The number of alkyl halides is 3. The summed E-state index contributed by atoms with van der Waals surface area (Å²) in [5.74, 6) is 0.502. The van der Waals surface area contributed by atoms with Gasteiger partial charge in [-0.3, -0.25) is 0 Å². The fourth-order valence-electron chi connectivity index (χ4n) is 1.90. The van der Waals surface area contributed by atoms with Gasteiger partial charge in [0.15, 0.2) is 0 Å². The van der Waals surface area contributed by atoms with Gasteiger partial charge in [0, 0.05) is 24.7 Å². The van der Waals surface area contributed by atoms with Crippen LogP contribution in [0, 0.1) is 0 Å². The molecule has 0 aliphatic rings. The van der Waals surface area contributed by atoms with Crippen molar-refractivity contribution in [2.75, 3.05) is 13.7 Å². The molecule has 0 amide bonds. The van der Waals surface area contributed by atoms with E-state index in [4.69, 9.17) is 4.74 Å². The third-order valence-electron chi connectivity index (χ3n) is 2.95. The summed E-state index contributed by atoms with van der Waals surface area (Å²) in [7, 11) is 1.52. The van der Waals surface area contributed by atoms with Crippen LogP contribution in [0.25, 0.3) is 0 Å². The lowest BCUT2D eigenvalue weighted by molar-refractivity contribution is -0.136. The summed E-state index contributed by atoms with van der Waals surface area (Å²) < 4.78 is 41.9. The van der Waals surface area contributed by atoms with E-state index in [9.17, 15) is 13.2 Å². The number of pyridine rings is 1. The molecule has 0 saturated heterocycles. The molecule has 0 fully saturated rings. The minimum absolute atomic E-state index is 0.0789. The molecule has 114 valence electrons. The molecule has 1 aromatic heterocycles. The van der Waals surface area contributed by atoms with Crippen molar-refractivity contribution >= 4 is 0 Å². The van der Waals surface area contributed by atoms with E-state index < -0.39 is 12.6 Å². The first-order chi connectivity index (χ1) is 9.44. The summed E-state index contributed by atoms with van der Waals surface area (Å²) in [5.41, 5.74) is 0.904. The molecule has 0 saturated carbocycles. The second-order valence-corrected chi connectivity index (χ2v) is 4.72. The number of aromatic nitrogens is 1. The Balaban J connectivity index is 2.57. The van der Waals surface area contributed by atoms with E-state index in [1.807, 2.05) is 13.0 Å². The molecule has 1 unspecified atom stereocenters. The Morgan fingerprint density at radius 2 is 2.10 bits per heavy atom. The van der Waals surface area contributed by atoms with Crippen LogP contribution >= 0.6 is 0 Å². The van der Waals surface area contributed by atoms with E-state index in [0.717, 1.165) is 12.0 Å². The fraction of sp³-hybridized carbons (Fsp3) is 0.643. The number of nitrogens with one attached hydrogen (secondary N) is 1. The Kier molecular flexibility index (Phi) is 6.78. The molecule has 1 atom stereocenters. The van der Waals surface area contributed by atoms with Crippen LogP contribution in [0.4, 0.5) is 13.2 Å². The number of halogens is 3. The number of rotatable bonds is 8. The van der Waals surface area contributed by atoms with Crippen molar-refractivity contribution in [1.82, 2.24) is 10.3 Å². The van der Waals surface area contributed by atoms with Crippen LogP contribution in [0.3, 0.4) is 0 Å². The molecule has 1 rings (SSSR count). The highest BCUT2D eigenvalue weighted by molar-refractivity contribution is 5.18. The minimum Gasteiger partial charge on any atom is -0.481 e. The normalized spacial score (nSPS) is 13.2. The molecule has 0 aliphatic heterocycles. The third-order valence-corrected chi connectivity index (χ3v) is 2.95. The van der Waals surface area contributed by atoms with Gasteiger partial charge in [0.2, 0.25) is 5.88 Å². The highest BCUT2D eigenvalue weighted by Gasteiger charge is 2.28. The van der Waals surface area contributed by atoms with Crippen LogP contribution in [0.15, 0.2) is 18.3 Å². The number of hydrogen-bond acceptors (Lipinski definition) is 3. The Labute approximate surface area is 117 Å². The van der Waals surface area contributed by atoms with E-state index in [0.29, 0.717) is 18.8 Å². The SMILES string of the molecule is CCCNC(CCC(F)(F)F)Cc1ccc(OC)nc1. The van der Waals surface area contributed by atoms with Crippen LogP contribution in [-0.2, 0) is 6.42 Å². The number of hydrogen-bond donors (Lipinski definition) is 1. The van der Waals surface area contributed by atoms with Crippen LogP contribution in [0.1, 0.15) is 31.7 Å². The second kappa shape index (κ2) is 8.09. The van der Waals surface area contributed by atoms with Crippen molar-refractivity contribution in [3.05, 3.63) is 23.9 Å². The first-order valence-electron chi connectivity index (χ1n) is 6.73. The molecule has 0 aromatic carbocycles. The average molecular weight is 290 g/mol. The predicted molar refractivity (Wildman–Crippen MR) is 71.9 cm³/mol. The molecule has 0 bridgehead atoms. The van der Waals surface area contributed by atoms with Gasteiger partial charge < -0.3 is 10.1 Å². The van der Waals surface area contributed by atoms with Crippen molar-refractivity contribution < 1.29 is 17.9 Å². The predicted octanol–water partition coefficient (Wildman–Crippen LogP) is 3.34. The topological polar surface area (TPSA) is 34.1 Å². The van der Waals surface area contributed by atoms with Gasteiger partial charge in [-0.2, -0.15) is 13.2 Å². The molecule has 1 heterocycles. The van der Waals surface area contributed by atoms with Gasteiger partial charge in [-0.25, -0.2) is 4.98 Å².